The van der Waals surface area contributed by atoms with E-state index in [9.17, 15) is 0 Å². The largest absolute Gasteiger partial charge is 1.00 e. The lowest BCUT2D eigenvalue weighted by atomic mass is 10.6. The van der Waals surface area contributed by atoms with Gasteiger partial charge in [0.05, 0.1) is 0 Å². The van der Waals surface area contributed by atoms with Crippen molar-refractivity contribution in [2.45, 2.75) is 6.92 Å². The molecule has 13 heavy (non-hydrogen) atoms. The summed E-state index contributed by atoms with van der Waals surface area (Å²) in [4.78, 5) is 0. The van der Waals surface area contributed by atoms with Gasteiger partial charge in [-0.25, -0.2) is 10.6 Å². The zero-order chi connectivity index (χ0) is 9.23. The SMILES string of the molecule is C=CCNC(NCC=C)=[S+]CC.[I-]. The van der Waals surface area contributed by atoms with Gasteiger partial charge in [0.15, 0.2) is 5.75 Å². The molecule has 2 N–H and O–H groups in total. The van der Waals surface area contributed by atoms with Crippen LogP contribution in [0, 0.1) is 0 Å². The molecule has 0 aromatic rings. The van der Waals surface area contributed by atoms with Gasteiger partial charge in [-0.05, 0) is 6.92 Å². The molecular formula is C9H17IN2S. The van der Waals surface area contributed by atoms with E-state index in [1.807, 2.05) is 12.2 Å². The molecule has 0 aliphatic rings. The second-order valence-electron chi connectivity index (χ2n) is 2.10. The molecule has 0 saturated heterocycles. The summed E-state index contributed by atoms with van der Waals surface area (Å²) >= 11 is 1.76. The lowest BCUT2D eigenvalue weighted by Crippen LogP contribution is -3.00. The molecule has 0 aliphatic carbocycles. The molecule has 0 fully saturated rings. The third-order valence-corrected chi connectivity index (χ3v) is 1.97. The molecule has 0 saturated carbocycles. The average molecular weight is 312 g/mol. The second kappa shape index (κ2) is 12.2. The normalized spacial score (nSPS) is 8.38. The summed E-state index contributed by atoms with van der Waals surface area (Å²) < 4.78 is 0. The molecule has 0 aliphatic heterocycles. The molecule has 0 rings (SSSR count). The zero-order valence-corrected chi connectivity index (χ0v) is 11.0. The van der Waals surface area contributed by atoms with E-state index in [-0.39, 0.29) is 24.0 Å². The fraction of sp³-hybridized carbons (Fsp3) is 0.444. The van der Waals surface area contributed by atoms with Crippen LogP contribution < -0.4 is 34.6 Å². The van der Waals surface area contributed by atoms with Gasteiger partial charge < -0.3 is 24.0 Å². The molecule has 0 amide bonds. The first-order valence-electron chi connectivity index (χ1n) is 4.04. The Morgan fingerprint density at radius 1 is 1.23 bits per heavy atom. The van der Waals surface area contributed by atoms with Crippen molar-refractivity contribution in [3.63, 3.8) is 0 Å². The van der Waals surface area contributed by atoms with E-state index in [4.69, 9.17) is 0 Å². The monoisotopic (exact) mass is 312 g/mol. The first-order valence-corrected chi connectivity index (χ1v) is 5.03. The predicted octanol–water partition coefficient (Wildman–Crippen LogP) is -2.27. The fourth-order valence-electron chi connectivity index (χ4n) is 0.639. The minimum Gasteiger partial charge on any atom is -1.00 e. The van der Waals surface area contributed by atoms with Crippen LogP contribution in [0.5, 0.6) is 0 Å². The van der Waals surface area contributed by atoms with Crippen LogP contribution in [0.15, 0.2) is 25.3 Å². The van der Waals surface area contributed by atoms with E-state index >= 15 is 0 Å². The van der Waals surface area contributed by atoms with E-state index < -0.39 is 0 Å². The Labute approximate surface area is 102 Å². The zero-order valence-electron chi connectivity index (χ0n) is 7.98. The Hall–Kier alpha value is 0.220. The van der Waals surface area contributed by atoms with Crippen LogP contribution in [0.1, 0.15) is 6.92 Å². The van der Waals surface area contributed by atoms with Crippen LogP contribution in [-0.4, -0.2) is 24.0 Å². The quantitative estimate of drug-likeness (QED) is 0.259. The van der Waals surface area contributed by atoms with Crippen molar-refractivity contribution in [3.8, 4) is 0 Å². The van der Waals surface area contributed by atoms with Crippen molar-refractivity contribution in [3.05, 3.63) is 25.3 Å². The van der Waals surface area contributed by atoms with Gasteiger partial charge in [-0.3, -0.25) is 0 Å². The molecule has 0 aromatic heterocycles. The minimum atomic E-state index is 0. The highest BCUT2D eigenvalue weighted by atomic mass is 127. The van der Waals surface area contributed by atoms with Gasteiger partial charge in [0.25, 0.3) is 0 Å². The highest BCUT2D eigenvalue weighted by Crippen LogP contribution is 1.69. The summed E-state index contributed by atoms with van der Waals surface area (Å²) in [5.74, 6) is 1.06. The predicted molar refractivity (Wildman–Crippen MR) is 59.3 cm³/mol. The Balaban J connectivity index is 0. The summed E-state index contributed by atoms with van der Waals surface area (Å²) in [5.41, 5.74) is 0. The lowest BCUT2D eigenvalue weighted by Gasteiger charge is -1.97. The van der Waals surface area contributed by atoms with E-state index in [0.29, 0.717) is 0 Å². The summed E-state index contributed by atoms with van der Waals surface area (Å²) in [5, 5.41) is 7.51. The Kier molecular flexibility index (Phi) is 14.7. The third-order valence-electron chi connectivity index (χ3n) is 1.10. The molecule has 0 unspecified atom stereocenters. The van der Waals surface area contributed by atoms with Gasteiger partial charge in [0.2, 0.25) is 11.4 Å². The van der Waals surface area contributed by atoms with Crippen LogP contribution >= 0.6 is 0 Å². The highest BCUT2D eigenvalue weighted by molar-refractivity contribution is 7.78. The molecule has 0 aromatic carbocycles. The highest BCUT2D eigenvalue weighted by Gasteiger charge is 2.04. The van der Waals surface area contributed by atoms with Crippen LogP contribution in [-0.2, 0) is 11.4 Å². The topological polar surface area (TPSA) is 24.1 Å². The van der Waals surface area contributed by atoms with Gasteiger partial charge in [-0.15, -0.1) is 13.2 Å². The maximum Gasteiger partial charge on any atom is 0.320 e. The van der Waals surface area contributed by atoms with Crippen LogP contribution in [0.25, 0.3) is 0 Å². The van der Waals surface area contributed by atoms with Crippen LogP contribution in [0.3, 0.4) is 0 Å². The Morgan fingerprint density at radius 3 is 2.00 bits per heavy atom. The van der Waals surface area contributed by atoms with E-state index in [2.05, 4.69) is 30.7 Å². The Morgan fingerprint density at radius 2 is 1.69 bits per heavy atom. The smallest absolute Gasteiger partial charge is 0.320 e. The minimum absolute atomic E-state index is 0. The summed E-state index contributed by atoms with van der Waals surface area (Å²) in [6.45, 7) is 11.0. The van der Waals surface area contributed by atoms with Gasteiger partial charge in [0.1, 0.15) is 0 Å². The molecule has 0 atom stereocenters. The van der Waals surface area contributed by atoms with Crippen molar-refractivity contribution in [2.75, 3.05) is 18.8 Å². The standard InChI is InChI=1S/C9H17N2S.HI/c1-4-7-10-9(12-6-3)11-8-5-2;/h4-5,10-11H,1-2,6-8H2,3H3;1H/q+1;/p-1. The maximum absolute atomic E-state index is 3.64. The molecule has 0 heterocycles. The molecule has 0 spiro atoms. The number of halogens is 1. The van der Waals surface area contributed by atoms with Gasteiger partial charge >= 0.3 is 5.11 Å². The van der Waals surface area contributed by atoms with E-state index in [0.717, 1.165) is 24.0 Å². The number of hydrogen-bond acceptors (Lipinski definition) is 0. The molecule has 2 nitrogen and oxygen atoms in total. The second-order valence-corrected chi connectivity index (χ2v) is 3.38. The van der Waals surface area contributed by atoms with Gasteiger partial charge in [-0.1, -0.05) is 12.2 Å². The number of nitrogens with one attached hydrogen (secondary N) is 2. The van der Waals surface area contributed by atoms with Crippen molar-refractivity contribution in [1.82, 2.24) is 10.6 Å². The van der Waals surface area contributed by atoms with Gasteiger partial charge in [-0.2, -0.15) is 0 Å². The summed E-state index contributed by atoms with van der Waals surface area (Å²) in [6.07, 6.45) is 3.68. The van der Waals surface area contributed by atoms with E-state index in [1.54, 1.807) is 11.4 Å². The summed E-state index contributed by atoms with van der Waals surface area (Å²) in [6, 6.07) is 0. The number of rotatable bonds is 5. The molecule has 76 valence electrons. The van der Waals surface area contributed by atoms with Crippen molar-refractivity contribution in [1.29, 1.82) is 0 Å². The average Bonchev–Trinajstić information content (AvgIpc) is 2.10. The Bertz CT molecular complexity index is 155. The molecule has 0 bridgehead atoms. The lowest BCUT2D eigenvalue weighted by molar-refractivity contribution is -0.00000259. The van der Waals surface area contributed by atoms with Crippen molar-refractivity contribution in [2.24, 2.45) is 0 Å². The van der Waals surface area contributed by atoms with E-state index in [1.165, 1.54) is 0 Å². The van der Waals surface area contributed by atoms with Crippen molar-refractivity contribution < 1.29 is 24.0 Å². The molecular weight excluding hydrogens is 295 g/mol. The van der Waals surface area contributed by atoms with Crippen LogP contribution in [0.2, 0.25) is 0 Å². The van der Waals surface area contributed by atoms with Crippen LogP contribution in [0.4, 0.5) is 0 Å². The first-order chi connectivity index (χ1) is 5.85. The fourth-order valence-corrected chi connectivity index (χ4v) is 1.30. The molecule has 4 heteroatoms. The maximum atomic E-state index is 3.64. The van der Waals surface area contributed by atoms with Crippen molar-refractivity contribution >= 4 is 16.5 Å². The van der Waals surface area contributed by atoms with Gasteiger partial charge in [0, 0.05) is 13.1 Å². The summed E-state index contributed by atoms with van der Waals surface area (Å²) in [7, 11) is 0. The third kappa shape index (κ3) is 10.1. The molecule has 0 radical (unpaired) electrons. The first kappa shape index (κ1) is 15.7. The number of hydrogen-bond donors (Lipinski definition) is 2.